The zero-order valence-electron chi connectivity index (χ0n) is 13.6. The van der Waals surface area contributed by atoms with E-state index >= 15 is 0 Å². The van der Waals surface area contributed by atoms with Crippen molar-refractivity contribution in [1.29, 1.82) is 0 Å². The van der Waals surface area contributed by atoms with E-state index in [4.69, 9.17) is 5.11 Å². The minimum absolute atomic E-state index is 0.0552. The predicted molar refractivity (Wildman–Crippen MR) is 95.4 cm³/mol. The number of H-pyrrole nitrogens is 1. The Morgan fingerprint density at radius 1 is 1.08 bits per heavy atom. The van der Waals surface area contributed by atoms with Crippen LogP contribution in [0.15, 0.2) is 47.3 Å². The predicted octanol–water partition coefficient (Wildman–Crippen LogP) is 2.66. The standard InChI is InChI=1S/C18H14FN3O4/c1-20-14-8-10(19)6-9-7-12(17(24)22-15(9)14)16(23)21-13-5-3-2-4-11(13)18(25)26/h2-8,20H,1H3,(H,21,23)(H,22,24)(H,25,26). The van der Waals surface area contributed by atoms with Crippen LogP contribution in [0.25, 0.3) is 10.9 Å². The van der Waals surface area contributed by atoms with Gasteiger partial charge in [0, 0.05) is 12.4 Å². The summed E-state index contributed by atoms with van der Waals surface area (Å²) in [7, 11) is 1.58. The summed E-state index contributed by atoms with van der Waals surface area (Å²) in [4.78, 5) is 38.5. The number of para-hydroxylation sites is 1. The van der Waals surface area contributed by atoms with Crippen LogP contribution in [0, 0.1) is 5.82 Å². The Hall–Kier alpha value is -3.68. The third kappa shape index (κ3) is 3.12. The number of hydrogen-bond donors (Lipinski definition) is 4. The number of aromatic carboxylic acids is 1. The van der Waals surface area contributed by atoms with Crippen LogP contribution in [0.2, 0.25) is 0 Å². The first-order valence-corrected chi connectivity index (χ1v) is 7.58. The lowest BCUT2D eigenvalue weighted by Gasteiger charge is -2.10. The minimum Gasteiger partial charge on any atom is -0.478 e. The molecule has 3 aromatic rings. The van der Waals surface area contributed by atoms with E-state index in [0.717, 1.165) is 0 Å². The summed E-state index contributed by atoms with van der Waals surface area (Å²) in [5.41, 5.74) is -0.251. The second-order valence-electron chi connectivity index (χ2n) is 5.48. The normalized spacial score (nSPS) is 10.5. The lowest BCUT2D eigenvalue weighted by atomic mass is 10.1. The third-order valence-corrected chi connectivity index (χ3v) is 3.84. The molecule has 0 atom stereocenters. The molecule has 26 heavy (non-hydrogen) atoms. The number of carboxylic acid groups (broad SMARTS) is 1. The largest absolute Gasteiger partial charge is 0.478 e. The molecule has 3 rings (SSSR count). The summed E-state index contributed by atoms with van der Waals surface area (Å²) >= 11 is 0. The van der Waals surface area contributed by atoms with E-state index in [9.17, 15) is 18.8 Å². The Kier molecular flexibility index (Phi) is 4.40. The summed E-state index contributed by atoms with van der Waals surface area (Å²) in [6.07, 6.45) is 0. The maximum absolute atomic E-state index is 13.7. The number of benzene rings is 2. The molecule has 1 amide bonds. The van der Waals surface area contributed by atoms with Crippen LogP contribution in [-0.4, -0.2) is 29.0 Å². The number of nitrogens with one attached hydrogen (secondary N) is 3. The molecule has 0 saturated heterocycles. The summed E-state index contributed by atoms with van der Waals surface area (Å²) in [6.45, 7) is 0. The van der Waals surface area contributed by atoms with Gasteiger partial charge in [-0.1, -0.05) is 12.1 Å². The smallest absolute Gasteiger partial charge is 0.337 e. The van der Waals surface area contributed by atoms with E-state index in [0.29, 0.717) is 16.6 Å². The summed E-state index contributed by atoms with van der Waals surface area (Å²) in [6, 6.07) is 9.49. The van der Waals surface area contributed by atoms with Crippen LogP contribution in [-0.2, 0) is 0 Å². The summed E-state index contributed by atoms with van der Waals surface area (Å²) < 4.78 is 13.7. The summed E-state index contributed by atoms with van der Waals surface area (Å²) in [5.74, 6) is -2.54. The molecule has 1 heterocycles. The minimum atomic E-state index is -1.21. The van der Waals surface area contributed by atoms with Crippen LogP contribution in [0.5, 0.6) is 0 Å². The van der Waals surface area contributed by atoms with E-state index in [1.165, 1.54) is 36.4 Å². The lowest BCUT2D eigenvalue weighted by Crippen LogP contribution is -2.24. The van der Waals surface area contributed by atoms with Gasteiger partial charge in [-0.05, 0) is 30.3 Å². The van der Waals surface area contributed by atoms with Gasteiger partial charge in [0.05, 0.1) is 22.5 Å². The molecule has 7 nitrogen and oxygen atoms in total. The van der Waals surface area contributed by atoms with Gasteiger partial charge in [-0.25, -0.2) is 9.18 Å². The monoisotopic (exact) mass is 355 g/mol. The highest BCUT2D eigenvalue weighted by Gasteiger charge is 2.17. The number of carbonyl (C=O) groups excluding carboxylic acids is 1. The van der Waals surface area contributed by atoms with E-state index in [-0.39, 0.29) is 16.8 Å². The second-order valence-corrected chi connectivity index (χ2v) is 5.48. The lowest BCUT2D eigenvalue weighted by molar-refractivity contribution is 0.0698. The molecule has 0 bridgehead atoms. The Labute approximate surface area is 146 Å². The van der Waals surface area contributed by atoms with Crippen molar-refractivity contribution in [1.82, 2.24) is 4.98 Å². The Morgan fingerprint density at radius 2 is 1.81 bits per heavy atom. The number of aromatic nitrogens is 1. The first-order chi connectivity index (χ1) is 12.4. The van der Waals surface area contributed by atoms with Gasteiger partial charge in [-0.15, -0.1) is 0 Å². The number of pyridine rings is 1. The maximum Gasteiger partial charge on any atom is 0.337 e. The number of hydrogen-bond acceptors (Lipinski definition) is 4. The van der Waals surface area contributed by atoms with Crippen molar-refractivity contribution in [2.75, 3.05) is 17.7 Å². The van der Waals surface area contributed by atoms with Crippen molar-refractivity contribution in [3.8, 4) is 0 Å². The van der Waals surface area contributed by atoms with Crippen molar-refractivity contribution in [3.63, 3.8) is 0 Å². The zero-order chi connectivity index (χ0) is 18.8. The van der Waals surface area contributed by atoms with Crippen LogP contribution in [0.1, 0.15) is 20.7 Å². The van der Waals surface area contributed by atoms with Gasteiger partial charge < -0.3 is 20.7 Å². The van der Waals surface area contributed by atoms with Gasteiger partial charge in [0.15, 0.2) is 0 Å². The molecule has 0 aliphatic heterocycles. The summed E-state index contributed by atoms with van der Waals surface area (Å²) in [5, 5.41) is 14.7. The Morgan fingerprint density at radius 3 is 2.50 bits per heavy atom. The van der Waals surface area contributed by atoms with Gasteiger partial charge in [0.1, 0.15) is 11.4 Å². The number of halogens is 1. The fourth-order valence-corrected chi connectivity index (χ4v) is 2.62. The van der Waals surface area contributed by atoms with Crippen molar-refractivity contribution in [3.05, 3.63) is 69.8 Å². The van der Waals surface area contributed by atoms with Crippen LogP contribution < -0.4 is 16.2 Å². The molecule has 0 spiro atoms. The molecule has 0 saturated carbocycles. The fourth-order valence-electron chi connectivity index (χ4n) is 2.62. The van der Waals surface area contributed by atoms with Gasteiger partial charge in [-0.3, -0.25) is 9.59 Å². The molecule has 2 aromatic carbocycles. The Balaban J connectivity index is 2.06. The van der Waals surface area contributed by atoms with Crippen molar-refractivity contribution >= 4 is 34.2 Å². The number of rotatable bonds is 4. The van der Waals surface area contributed by atoms with Crippen LogP contribution >= 0.6 is 0 Å². The number of fused-ring (bicyclic) bond motifs is 1. The molecular weight excluding hydrogens is 341 g/mol. The van der Waals surface area contributed by atoms with E-state index in [1.54, 1.807) is 13.1 Å². The molecular formula is C18H14FN3O4. The van der Waals surface area contributed by atoms with Gasteiger partial charge in [0.25, 0.3) is 11.5 Å². The van der Waals surface area contributed by atoms with E-state index in [2.05, 4.69) is 15.6 Å². The molecule has 0 fully saturated rings. The van der Waals surface area contributed by atoms with E-state index < -0.39 is 23.3 Å². The molecule has 0 aliphatic rings. The average molecular weight is 355 g/mol. The van der Waals surface area contributed by atoms with Gasteiger partial charge in [0.2, 0.25) is 0 Å². The highest BCUT2D eigenvalue weighted by molar-refractivity contribution is 6.09. The molecule has 4 N–H and O–H groups in total. The first-order valence-electron chi connectivity index (χ1n) is 7.58. The molecule has 1 aromatic heterocycles. The molecule has 0 radical (unpaired) electrons. The number of carbonyl (C=O) groups is 2. The maximum atomic E-state index is 13.7. The molecule has 132 valence electrons. The fraction of sp³-hybridized carbons (Fsp3) is 0.0556. The van der Waals surface area contributed by atoms with Gasteiger partial charge >= 0.3 is 5.97 Å². The molecule has 0 unspecified atom stereocenters. The number of aromatic amines is 1. The van der Waals surface area contributed by atoms with Crippen molar-refractivity contribution in [2.24, 2.45) is 0 Å². The second kappa shape index (κ2) is 6.67. The van der Waals surface area contributed by atoms with Crippen molar-refractivity contribution in [2.45, 2.75) is 0 Å². The number of amides is 1. The first kappa shape index (κ1) is 17.2. The quantitative estimate of drug-likeness (QED) is 0.575. The SMILES string of the molecule is CNc1cc(F)cc2cc(C(=O)Nc3ccccc3C(=O)O)c(=O)[nH]c12. The Bertz CT molecular complexity index is 1090. The molecule has 8 heteroatoms. The van der Waals surface area contributed by atoms with Gasteiger partial charge in [-0.2, -0.15) is 0 Å². The third-order valence-electron chi connectivity index (χ3n) is 3.84. The molecule has 0 aliphatic carbocycles. The highest BCUT2D eigenvalue weighted by atomic mass is 19.1. The average Bonchev–Trinajstić information content (AvgIpc) is 2.61. The number of carboxylic acids is 1. The van der Waals surface area contributed by atoms with Crippen LogP contribution in [0.3, 0.4) is 0 Å². The topological polar surface area (TPSA) is 111 Å². The van der Waals surface area contributed by atoms with Crippen molar-refractivity contribution < 1.29 is 19.1 Å². The highest BCUT2D eigenvalue weighted by Crippen LogP contribution is 2.23. The van der Waals surface area contributed by atoms with E-state index in [1.807, 2.05) is 0 Å². The zero-order valence-corrected chi connectivity index (χ0v) is 13.6. The number of anilines is 2. The van der Waals surface area contributed by atoms with Crippen LogP contribution in [0.4, 0.5) is 15.8 Å².